The normalized spacial score (nSPS) is 9.84. The lowest BCUT2D eigenvalue weighted by Gasteiger charge is -2.09. The Balaban J connectivity index is 2.30. The lowest BCUT2D eigenvalue weighted by molar-refractivity contribution is -0.141. The summed E-state index contributed by atoms with van der Waals surface area (Å²) in [5.74, 6) is 0.0604. The molecule has 0 spiro atoms. The van der Waals surface area contributed by atoms with Gasteiger partial charge < -0.3 is 14.8 Å². The molecule has 0 saturated carbocycles. The number of benzene rings is 1. The van der Waals surface area contributed by atoms with Gasteiger partial charge in [-0.3, -0.25) is 9.59 Å². The maximum Gasteiger partial charge on any atom is 0.325 e. The molecule has 0 saturated heterocycles. The Kier molecular flexibility index (Phi) is 5.85. The van der Waals surface area contributed by atoms with E-state index in [1.807, 2.05) is 32.0 Å². The molecule has 0 aliphatic heterocycles. The number of amides is 1. The Morgan fingerprint density at radius 2 is 2.00 bits per heavy atom. The van der Waals surface area contributed by atoms with E-state index in [1.165, 1.54) is 12.7 Å². The predicted octanol–water partition coefficient (Wildman–Crippen LogP) is 1.36. The van der Waals surface area contributed by atoms with Crippen molar-refractivity contribution >= 4 is 11.9 Å². The van der Waals surface area contributed by atoms with Crippen molar-refractivity contribution in [3.05, 3.63) is 29.3 Å². The van der Waals surface area contributed by atoms with Crippen LogP contribution in [0.2, 0.25) is 0 Å². The van der Waals surface area contributed by atoms with E-state index in [0.29, 0.717) is 0 Å². The molecular weight excluding hydrogens is 246 g/mol. The molecule has 0 aromatic heterocycles. The van der Waals surface area contributed by atoms with Crippen molar-refractivity contribution in [3.8, 4) is 5.75 Å². The molecule has 0 fully saturated rings. The highest BCUT2D eigenvalue weighted by Gasteiger charge is 2.06. The molecule has 1 rings (SSSR count). The summed E-state index contributed by atoms with van der Waals surface area (Å²) in [4.78, 5) is 22.2. The van der Waals surface area contributed by atoms with Crippen LogP contribution in [0.4, 0.5) is 0 Å². The van der Waals surface area contributed by atoms with E-state index in [9.17, 15) is 9.59 Å². The van der Waals surface area contributed by atoms with Gasteiger partial charge in [0.1, 0.15) is 12.3 Å². The van der Waals surface area contributed by atoms with Crippen LogP contribution in [0.5, 0.6) is 5.75 Å². The molecule has 0 aliphatic carbocycles. The smallest absolute Gasteiger partial charge is 0.325 e. The van der Waals surface area contributed by atoms with E-state index < -0.39 is 5.97 Å². The number of carbonyl (C=O) groups is 2. The number of aryl methyl sites for hydroxylation is 2. The van der Waals surface area contributed by atoms with Crippen LogP contribution in [0.1, 0.15) is 17.5 Å². The third kappa shape index (κ3) is 5.42. The molecule has 0 unspecified atom stereocenters. The number of hydrogen-bond acceptors (Lipinski definition) is 4. The second kappa shape index (κ2) is 7.41. The summed E-state index contributed by atoms with van der Waals surface area (Å²) in [6, 6.07) is 5.86. The van der Waals surface area contributed by atoms with Crippen LogP contribution < -0.4 is 10.1 Å². The fourth-order valence-corrected chi connectivity index (χ4v) is 1.55. The van der Waals surface area contributed by atoms with E-state index in [0.717, 1.165) is 11.3 Å². The molecule has 1 N–H and O–H groups in total. The first-order valence-electron chi connectivity index (χ1n) is 6.06. The second-order valence-electron chi connectivity index (χ2n) is 4.22. The van der Waals surface area contributed by atoms with Gasteiger partial charge in [0.25, 0.3) is 0 Å². The van der Waals surface area contributed by atoms with E-state index in [1.54, 1.807) is 0 Å². The molecule has 0 heterocycles. The van der Waals surface area contributed by atoms with E-state index in [2.05, 4.69) is 10.1 Å². The zero-order valence-corrected chi connectivity index (χ0v) is 11.5. The zero-order valence-electron chi connectivity index (χ0n) is 11.5. The average molecular weight is 265 g/mol. The van der Waals surface area contributed by atoms with Crippen LogP contribution in [-0.4, -0.2) is 32.1 Å². The van der Waals surface area contributed by atoms with Crippen LogP contribution in [0, 0.1) is 13.8 Å². The highest BCUT2D eigenvalue weighted by molar-refractivity contribution is 5.81. The SMILES string of the molecule is COC(=O)CNC(=O)CCOc1ccc(C)cc1C. The first kappa shape index (κ1) is 15.0. The molecule has 0 aliphatic rings. The minimum absolute atomic E-state index is 0.112. The van der Waals surface area contributed by atoms with Crippen LogP contribution >= 0.6 is 0 Å². The molecule has 5 nitrogen and oxygen atoms in total. The lowest BCUT2D eigenvalue weighted by Crippen LogP contribution is -2.31. The average Bonchev–Trinajstić information content (AvgIpc) is 2.38. The van der Waals surface area contributed by atoms with Gasteiger partial charge in [0.15, 0.2) is 0 Å². The van der Waals surface area contributed by atoms with Crippen molar-refractivity contribution in [2.75, 3.05) is 20.3 Å². The highest BCUT2D eigenvalue weighted by atomic mass is 16.5. The largest absolute Gasteiger partial charge is 0.493 e. The van der Waals surface area contributed by atoms with Crippen LogP contribution in [0.25, 0.3) is 0 Å². The summed E-state index contributed by atoms with van der Waals surface area (Å²) >= 11 is 0. The van der Waals surface area contributed by atoms with Crippen LogP contribution in [0.3, 0.4) is 0 Å². The first-order chi connectivity index (χ1) is 9.02. The zero-order chi connectivity index (χ0) is 14.3. The molecule has 19 heavy (non-hydrogen) atoms. The minimum Gasteiger partial charge on any atom is -0.493 e. The van der Waals surface area contributed by atoms with Crippen molar-refractivity contribution in [1.29, 1.82) is 0 Å². The third-order valence-corrected chi connectivity index (χ3v) is 2.57. The number of hydrogen-bond donors (Lipinski definition) is 1. The molecule has 0 atom stereocenters. The molecule has 0 radical (unpaired) electrons. The monoisotopic (exact) mass is 265 g/mol. The quantitative estimate of drug-likeness (QED) is 0.789. The molecule has 0 bridgehead atoms. The van der Waals surface area contributed by atoms with Gasteiger partial charge in [0.2, 0.25) is 5.91 Å². The number of methoxy groups -OCH3 is 1. The summed E-state index contributed by atoms with van der Waals surface area (Å²) in [7, 11) is 1.28. The second-order valence-corrected chi connectivity index (χ2v) is 4.22. The van der Waals surface area contributed by atoms with E-state index in [4.69, 9.17) is 4.74 Å². The van der Waals surface area contributed by atoms with Gasteiger partial charge in [0.05, 0.1) is 20.1 Å². The predicted molar refractivity (Wildman–Crippen MR) is 71.1 cm³/mol. The topological polar surface area (TPSA) is 64.6 Å². The molecule has 1 aromatic carbocycles. The Morgan fingerprint density at radius 1 is 1.26 bits per heavy atom. The van der Waals surface area contributed by atoms with Crippen molar-refractivity contribution in [1.82, 2.24) is 5.32 Å². The number of ether oxygens (including phenoxy) is 2. The maximum atomic E-state index is 11.4. The Hall–Kier alpha value is -2.04. The van der Waals surface area contributed by atoms with Gasteiger partial charge in [-0.2, -0.15) is 0 Å². The molecule has 1 amide bonds. The minimum atomic E-state index is -0.469. The summed E-state index contributed by atoms with van der Waals surface area (Å²) in [5, 5.41) is 2.45. The number of rotatable bonds is 6. The maximum absolute atomic E-state index is 11.4. The van der Waals surface area contributed by atoms with Gasteiger partial charge in [-0.05, 0) is 25.5 Å². The van der Waals surface area contributed by atoms with Gasteiger partial charge in [-0.25, -0.2) is 0 Å². The summed E-state index contributed by atoms with van der Waals surface area (Å²) in [5.41, 5.74) is 2.20. The Bertz CT molecular complexity index is 457. The highest BCUT2D eigenvalue weighted by Crippen LogP contribution is 2.18. The number of esters is 1. The van der Waals surface area contributed by atoms with Crippen molar-refractivity contribution in [2.45, 2.75) is 20.3 Å². The van der Waals surface area contributed by atoms with E-state index in [-0.39, 0.29) is 25.5 Å². The first-order valence-corrected chi connectivity index (χ1v) is 6.06. The molecular formula is C14H19NO4. The molecule has 104 valence electrons. The summed E-state index contributed by atoms with van der Waals surface area (Å²) in [6.07, 6.45) is 0.199. The van der Waals surface area contributed by atoms with Gasteiger partial charge in [-0.1, -0.05) is 17.7 Å². The summed E-state index contributed by atoms with van der Waals surface area (Å²) in [6.45, 7) is 4.13. The van der Waals surface area contributed by atoms with Crippen molar-refractivity contribution in [3.63, 3.8) is 0 Å². The van der Waals surface area contributed by atoms with Gasteiger partial charge in [0, 0.05) is 0 Å². The fourth-order valence-electron chi connectivity index (χ4n) is 1.55. The number of nitrogens with one attached hydrogen (secondary N) is 1. The van der Waals surface area contributed by atoms with Gasteiger partial charge >= 0.3 is 5.97 Å². The number of carbonyl (C=O) groups excluding carboxylic acids is 2. The molecule has 5 heteroatoms. The van der Waals surface area contributed by atoms with E-state index >= 15 is 0 Å². The van der Waals surface area contributed by atoms with Crippen LogP contribution in [-0.2, 0) is 14.3 Å². The Morgan fingerprint density at radius 3 is 2.63 bits per heavy atom. The lowest BCUT2D eigenvalue weighted by atomic mass is 10.1. The Labute approximate surface area is 112 Å². The van der Waals surface area contributed by atoms with Gasteiger partial charge in [-0.15, -0.1) is 0 Å². The van der Waals surface area contributed by atoms with Crippen LogP contribution in [0.15, 0.2) is 18.2 Å². The third-order valence-electron chi connectivity index (χ3n) is 2.57. The molecule has 1 aromatic rings. The van der Waals surface area contributed by atoms with Crippen molar-refractivity contribution < 1.29 is 19.1 Å². The standard InChI is InChI=1S/C14H19NO4/c1-10-4-5-12(11(2)8-10)19-7-6-13(16)15-9-14(17)18-3/h4-5,8H,6-7,9H2,1-3H3,(H,15,16). The summed E-state index contributed by atoms with van der Waals surface area (Å²) < 4.78 is 9.93. The van der Waals surface area contributed by atoms with Crippen molar-refractivity contribution in [2.24, 2.45) is 0 Å². The fraction of sp³-hybridized carbons (Fsp3) is 0.429.